The van der Waals surface area contributed by atoms with Crippen molar-refractivity contribution in [1.29, 1.82) is 0 Å². The lowest BCUT2D eigenvalue weighted by molar-refractivity contribution is 1.13. The number of hydrogen-bond donors (Lipinski definition) is 1. The van der Waals surface area contributed by atoms with E-state index in [-0.39, 0.29) is 0 Å². The number of rotatable bonds is 5. The monoisotopic (exact) mass is 471 g/mol. The highest BCUT2D eigenvalue weighted by molar-refractivity contribution is 6.07. The summed E-state index contributed by atoms with van der Waals surface area (Å²) in [5.74, 6) is 0.889. The summed E-state index contributed by atoms with van der Waals surface area (Å²) in [6, 6.07) is 30.1. The van der Waals surface area contributed by atoms with Crippen molar-refractivity contribution in [2.24, 2.45) is 4.99 Å². The van der Waals surface area contributed by atoms with Crippen molar-refractivity contribution in [3.8, 4) is 22.5 Å². The zero-order valence-electron chi connectivity index (χ0n) is 21.1. The Morgan fingerprint density at radius 3 is 1.89 bits per heavy atom. The summed E-state index contributed by atoms with van der Waals surface area (Å²) in [6.07, 6.45) is 0.851. The zero-order chi connectivity index (χ0) is 24.8. The number of nitrogens with one attached hydrogen (secondary N) is 1. The van der Waals surface area contributed by atoms with Gasteiger partial charge >= 0.3 is 0 Å². The molecule has 0 amide bonds. The average molecular weight is 472 g/mol. The molecule has 5 aromatic rings. The first-order valence-corrected chi connectivity index (χ1v) is 12.2. The fraction of sp³-hybridized carbons (Fsp3) is 0.161. The van der Waals surface area contributed by atoms with E-state index in [0.29, 0.717) is 0 Å². The molecule has 0 fully saturated rings. The van der Waals surface area contributed by atoms with E-state index in [9.17, 15) is 0 Å². The summed E-state index contributed by atoms with van der Waals surface area (Å²) in [7, 11) is 8.21. The minimum absolute atomic E-state index is 0.851. The molecule has 0 radical (unpaired) electrons. The highest BCUT2D eigenvalue weighted by Gasteiger charge is 2.17. The van der Waals surface area contributed by atoms with E-state index in [2.05, 4.69) is 114 Å². The lowest BCUT2D eigenvalue weighted by atomic mass is 9.99. The number of H-pyrrole nitrogens is 1. The molecule has 0 saturated carbocycles. The summed E-state index contributed by atoms with van der Waals surface area (Å²) in [6.45, 7) is 0. The van der Waals surface area contributed by atoms with Crippen LogP contribution in [0.1, 0.15) is 11.1 Å². The fourth-order valence-electron chi connectivity index (χ4n) is 4.74. The predicted molar refractivity (Wildman–Crippen MR) is 152 cm³/mol. The molecule has 0 aliphatic carbocycles. The molecular weight excluding hydrogens is 442 g/mol. The number of aromatic nitrogens is 2. The molecule has 0 saturated heterocycles. The van der Waals surface area contributed by atoms with Gasteiger partial charge in [0.2, 0.25) is 0 Å². The van der Waals surface area contributed by atoms with Crippen molar-refractivity contribution < 1.29 is 0 Å². The second-order valence-electron chi connectivity index (χ2n) is 9.78. The van der Waals surface area contributed by atoms with Crippen molar-refractivity contribution in [2.75, 3.05) is 38.0 Å². The summed E-state index contributed by atoms with van der Waals surface area (Å²) in [5.41, 5.74) is 12.5. The number of anilines is 2. The van der Waals surface area contributed by atoms with Crippen LogP contribution >= 0.6 is 0 Å². The van der Waals surface area contributed by atoms with Crippen molar-refractivity contribution >= 4 is 33.8 Å². The van der Waals surface area contributed by atoms with Gasteiger partial charge in [0.05, 0.1) is 22.4 Å². The molecule has 36 heavy (non-hydrogen) atoms. The quantitative estimate of drug-likeness (QED) is 0.310. The van der Waals surface area contributed by atoms with Crippen LogP contribution in [0.4, 0.5) is 17.1 Å². The van der Waals surface area contributed by atoms with Crippen molar-refractivity contribution in [1.82, 2.24) is 9.97 Å². The molecule has 0 spiro atoms. The highest BCUT2D eigenvalue weighted by Crippen LogP contribution is 2.34. The Bertz CT molecular complexity index is 1590. The molecule has 1 aromatic heterocycles. The molecule has 0 bridgehead atoms. The number of aromatic amines is 1. The molecule has 178 valence electrons. The molecule has 1 aliphatic rings. The van der Waals surface area contributed by atoms with Gasteiger partial charge in [-0.3, -0.25) is 4.99 Å². The maximum atomic E-state index is 4.92. The molecule has 0 atom stereocenters. The van der Waals surface area contributed by atoms with Gasteiger partial charge in [-0.05, 0) is 82.9 Å². The topological polar surface area (TPSA) is 47.5 Å². The van der Waals surface area contributed by atoms with E-state index in [0.717, 1.165) is 40.2 Å². The maximum absolute atomic E-state index is 4.92. The molecular formula is C31H29N5. The van der Waals surface area contributed by atoms with Crippen LogP contribution in [0.5, 0.6) is 0 Å². The van der Waals surface area contributed by atoms with Crippen LogP contribution in [0.25, 0.3) is 33.5 Å². The van der Waals surface area contributed by atoms with Gasteiger partial charge in [0.1, 0.15) is 5.82 Å². The SMILES string of the molecule is CN(C)c1ccc(C2=Nc3ccc(-c4ccc5nc(-c6ccc(N(C)C)cc6)[nH]c5c4)cc3C2)cc1. The molecule has 0 unspecified atom stereocenters. The van der Waals surface area contributed by atoms with Crippen LogP contribution in [0, 0.1) is 0 Å². The second kappa shape index (κ2) is 8.68. The number of aliphatic imine (C=N–C) groups is 1. The molecule has 4 aromatic carbocycles. The van der Waals surface area contributed by atoms with E-state index >= 15 is 0 Å². The van der Waals surface area contributed by atoms with Crippen molar-refractivity contribution in [2.45, 2.75) is 6.42 Å². The maximum Gasteiger partial charge on any atom is 0.138 e. The van der Waals surface area contributed by atoms with Gasteiger partial charge in [-0.25, -0.2) is 4.98 Å². The van der Waals surface area contributed by atoms with Gasteiger partial charge < -0.3 is 14.8 Å². The van der Waals surface area contributed by atoms with Crippen LogP contribution in [0.15, 0.2) is 89.9 Å². The fourth-order valence-corrected chi connectivity index (χ4v) is 4.74. The number of benzene rings is 4. The minimum Gasteiger partial charge on any atom is -0.378 e. The first kappa shape index (κ1) is 22.1. The van der Waals surface area contributed by atoms with Gasteiger partial charge in [0, 0.05) is 51.5 Å². The Labute approximate surface area is 211 Å². The van der Waals surface area contributed by atoms with E-state index in [1.807, 2.05) is 14.1 Å². The van der Waals surface area contributed by atoms with Gasteiger partial charge in [0.25, 0.3) is 0 Å². The highest BCUT2D eigenvalue weighted by atomic mass is 15.1. The lowest BCUT2D eigenvalue weighted by Gasteiger charge is -2.12. The van der Waals surface area contributed by atoms with E-state index in [1.54, 1.807) is 0 Å². The molecule has 2 heterocycles. The Balaban J connectivity index is 1.25. The molecule has 5 nitrogen and oxygen atoms in total. The molecule has 6 rings (SSSR count). The van der Waals surface area contributed by atoms with Crippen LogP contribution in [0.2, 0.25) is 0 Å². The van der Waals surface area contributed by atoms with Gasteiger partial charge in [-0.2, -0.15) is 0 Å². The number of nitrogens with zero attached hydrogens (tertiary/aromatic N) is 4. The minimum atomic E-state index is 0.851. The van der Waals surface area contributed by atoms with E-state index in [4.69, 9.17) is 9.98 Å². The number of hydrogen-bond acceptors (Lipinski definition) is 4. The van der Waals surface area contributed by atoms with Crippen molar-refractivity contribution in [3.63, 3.8) is 0 Å². The summed E-state index contributed by atoms with van der Waals surface area (Å²) >= 11 is 0. The third kappa shape index (κ3) is 4.03. The first-order chi connectivity index (χ1) is 17.4. The average Bonchev–Trinajstić information content (AvgIpc) is 3.52. The third-order valence-corrected chi connectivity index (χ3v) is 6.88. The molecule has 1 aliphatic heterocycles. The van der Waals surface area contributed by atoms with Gasteiger partial charge in [-0.15, -0.1) is 0 Å². The third-order valence-electron chi connectivity index (χ3n) is 6.88. The first-order valence-electron chi connectivity index (χ1n) is 12.2. The van der Waals surface area contributed by atoms with E-state index < -0.39 is 0 Å². The Hall–Kier alpha value is -4.38. The number of imidazole rings is 1. The normalized spacial score (nSPS) is 12.5. The Morgan fingerprint density at radius 2 is 1.22 bits per heavy atom. The summed E-state index contributed by atoms with van der Waals surface area (Å²) in [5, 5.41) is 0. The predicted octanol–water partition coefficient (Wildman–Crippen LogP) is 6.71. The van der Waals surface area contributed by atoms with Crippen LogP contribution in [-0.4, -0.2) is 43.9 Å². The van der Waals surface area contributed by atoms with Gasteiger partial charge in [0.15, 0.2) is 0 Å². The zero-order valence-corrected chi connectivity index (χ0v) is 21.1. The van der Waals surface area contributed by atoms with E-state index in [1.165, 1.54) is 33.6 Å². The van der Waals surface area contributed by atoms with Gasteiger partial charge in [-0.1, -0.05) is 24.3 Å². The van der Waals surface area contributed by atoms with Crippen LogP contribution in [-0.2, 0) is 6.42 Å². The molecule has 1 N–H and O–H groups in total. The molecule has 5 heteroatoms. The van der Waals surface area contributed by atoms with Crippen molar-refractivity contribution in [3.05, 3.63) is 96.1 Å². The largest absolute Gasteiger partial charge is 0.378 e. The van der Waals surface area contributed by atoms with Crippen LogP contribution < -0.4 is 9.80 Å². The Morgan fingerprint density at radius 1 is 0.639 bits per heavy atom. The smallest absolute Gasteiger partial charge is 0.138 e. The van der Waals surface area contributed by atoms with Crippen LogP contribution in [0.3, 0.4) is 0 Å². The second-order valence-corrected chi connectivity index (χ2v) is 9.78. The standard InChI is InChI=1S/C31H29N5/c1-35(2)25-11-5-20(6-12-25)29-19-24-17-22(9-15-27(24)32-29)23-10-16-28-30(18-23)34-31(33-28)21-7-13-26(14-8-21)36(3)4/h5-18H,19H2,1-4H3,(H,33,34). The summed E-state index contributed by atoms with van der Waals surface area (Å²) < 4.78 is 0. The number of fused-ring (bicyclic) bond motifs is 2. The summed E-state index contributed by atoms with van der Waals surface area (Å²) in [4.78, 5) is 17.5. The Kier molecular flexibility index (Phi) is 5.33. The lowest BCUT2D eigenvalue weighted by Crippen LogP contribution is -2.09.